The van der Waals surface area contributed by atoms with Crippen LogP contribution in [0.2, 0.25) is 0 Å². The molecule has 0 saturated heterocycles. The van der Waals surface area contributed by atoms with Gasteiger partial charge in [0.2, 0.25) is 0 Å². The van der Waals surface area contributed by atoms with Crippen LogP contribution in [-0.2, 0) is 4.74 Å². The molecule has 0 atom stereocenters. The summed E-state index contributed by atoms with van der Waals surface area (Å²) in [6, 6.07) is 6.35. The molecule has 1 fully saturated rings. The summed E-state index contributed by atoms with van der Waals surface area (Å²) in [6.45, 7) is 0.560. The van der Waals surface area contributed by atoms with Crippen LogP contribution >= 0.6 is 0 Å². The summed E-state index contributed by atoms with van der Waals surface area (Å²) in [6.07, 6.45) is 2.09. The van der Waals surface area contributed by atoms with E-state index in [0.717, 1.165) is 18.5 Å². The van der Waals surface area contributed by atoms with Crippen LogP contribution in [0.15, 0.2) is 24.3 Å². The number of hydrogen-bond acceptors (Lipinski definition) is 3. The number of ether oxygens (including phenoxy) is 1. The van der Waals surface area contributed by atoms with E-state index in [1.54, 1.807) is 19.2 Å². The Morgan fingerprint density at radius 3 is 2.56 bits per heavy atom. The first-order valence-electron chi connectivity index (χ1n) is 5.44. The van der Waals surface area contributed by atoms with Gasteiger partial charge in [-0.25, -0.2) is 4.39 Å². The second-order valence-electron chi connectivity index (χ2n) is 4.38. The van der Waals surface area contributed by atoms with Crippen LogP contribution in [0.3, 0.4) is 0 Å². The van der Waals surface area contributed by atoms with E-state index in [1.165, 1.54) is 12.1 Å². The highest BCUT2D eigenvalue weighted by atomic mass is 19.1. The van der Waals surface area contributed by atoms with Gasteiger partial charge in [0.05, 0.1) is 11.6 Å². The minimum absolute atomic E-state index is 0.0848. The Morgan fingerprint density at radius 1 is 1.44 bits per heavy atom. The van der Waals surface area contributed by atoms with Gasteiger partial charge < -0.3 is 15.8 Å². The van der Waals surface area contributed by atoms with E-state index in [-0.39, 0.29) is 17.5 Å². The van der Waals surface area contributed by atoms with E-state index in [4.69, 9.17) is 10.5 Å². The van der Waals surface area contributed by atoms with Crippen LogP contribution in [0.4, 0.5) is 10.1 Å². The SMILES string of the molecule is COC1CC(CN)(Nc2ccc(F)cc2)C1. The van der Waals surface area contributed by atoms with Crippen molar-refractivity contribution in [2.24, 2.45) is 5.73 Å². The van der Waals surface area contributed by atoms with Crippen molar-refractivity contribution in [2.45, 2.75) is 24.5 Å². The van der Waals surface area contributed by atoms with Crippen molar-refractivity contribution in [1.29, 1.82) is 0 Å². The summed E-state index contributed by atoms with van der Waals surface area (Å²) < 4.78 is 18.0. The van der Waals surface area contributed by atoms with Crippen molar-refractivity contribution >= 4 is 5.69 Å². The molecule has 0 bridgehead atoms. The lowest BCUT2D eigenvalue weighted by Crippen LogP contribution is -2.58. The number of nitrogens with two attached hydrogens (primary N) is 1. The predicted molar refractivity (Wildman–Crippen MR) is 61.8 cm³/mol. The van der Waals surface area contributed by atoms with Gasteiger partial charge in [0.15, 0.2) is 0 Å². The molecule has 1 aromatic rings. The quantitative estimate of drug-likeness (QED) is 0.819. The zero-order valence-electron chi connectivity index (χ0n) is 9.37. The van der Waals surface area contributed by atoms with Crippen LogP contribution in [0.1, 0.15) is 12.8 Å². The maximum absolute atomic E-state index is 12.7. The molecule has 2 rings (SSSR count). The van der Waals surface area contributed by atoms with Gasteiger partial charge >= 0.3 is 0 Å². The molecule has 0 unspecified atom stereocenters. The average Bonchev–Trinajstić information content (AvgIpc) is 2.26. The number of hydrogen-bond donors (Lipinski definition) is 2. The average molecular weight is 224 g/mol. The maximum atomic E-state index is 12.7. The van der Waals surface area contributed by atoms with E-state index in [1.807, 2.05) is 0 Å². The summed E-state index contributed by atoms with van der Waals surface area (Å²) in [4.78, 5) is 0. The van der Waals surface area contributed by atoms with Crippen molar-refractivity contribution < 1.29 is 9.13 Å². The van der Waals surface area contributed by atoms with Gasteiger partial charge in [-0.3, -0.25) is 0 Å². The van der Waals surface area contributed by atoms with Crippen molar-refractivity contribution in [3.63, 3.8) is 0 Å². The number of anilines is 1. The lowest BCUT2D eigenvalue weighted by molar-refractivity contribution is -0.00245. The summed E-state index contributed by atoms with van der Waals surface area (Å²) in [7, 11) is 1.71. The molecule has 1 aromatic carbocycles. The first-order valence-corrected chi connectivity index (χ1v) is 5.44. The van der Waals surface area contributed by atoms with Crippen molar-refractivity contribution in [1.82, 2.24) is 0 Å². The van der Waals surface area contributed by atoms with Crippen LogP contribution in [0, 0.1) is 5.82 Å². The normalized spacial score (nSPS) is 28.6. The van der Waals surface area contributed by atoms with Crippen molar-refractivity contribution in [3.05, 3.63) is 30.1 Å². The third kappa shape index (κ3) is 2.18. The van der Waals surface area contributed by atoms with Gasteiger partial charge in [0.1, 0.15) is 5.82 Å². The Morgan fingerprint density at radius 2 is 2.06 bits per heavy atom. The molecular formula is C12H17FN2O. The lowest BCUT2D eigenvalue weighted by Gasteiger charge is -2.47. The van der Waals surface area contributed by atoms with Crippen LogP contribution in [0.25, 0.3) is 0 Å². The zero-order chi connectivity index (χ0) is 11.6. The fourth-order valence-electron chi connectivity index (χ4n) is 2.14. The lowest BCUT2D eigenvalue weighted by atomic mass is 9.74. The first kappa shape index (κ1) is 11.4. The number of methoxy groups -OCH3 is 1. The Labute approximate surface area is 94.8 Å². The highest BCUT2D eigenvalue weighted by molar-refractivity contribution is 5.46. The molecule has 0 radical (unpaired) electrons. The Balaban J connectivity index is 2.00. The third-order valence-electron chi connectivity index (χ3n) is 3.21. The zero-order valence-corrected chi connectivity index (χ0v) is 9.37. The predicted octanol–water partition coefficient (Wildman–Crippen LogP) is 1.74. The van der Waals surface area contributed by atoms with Gasteiger partial charge in [-0.15, -0.1) is 0 Å². The van der Waals surface area contributed by atoms with E-state index in [0.29, 0.717) is 6.54 Å². The van der Waals surface area contributed by atoms with Crippen molar-refractivity contribution in [3.8, 4) is 0 Å². The van der Waals surface area contributed by atoms with Crippen LogP contribution < -0.4 is 11.1 Å². The number of nitrogens with one attached hydrogen (secondary N) is 1. The molecule has 16 heavy (non-hydrogen) atoms. The fourth-order valence-corrected chi connectivity index (χ4v) is 2.14. The molecule has 88 valence electrons. The van der Waals surface area contributed by atoms with Crippen molar-refractivity contribution in [2.75, 3.05) is 19.0 Å². The van der Waals surface area contributed by atoms with Gasteiger partial charge in [-0.2, -0.15) is 0 Å². The highest BCUT2D eigenvalue weighted by Crippen LogP contribution is 2.36. The van der Waals surface area contributed by atoms with Crippen LogP contribution in [0.5, 0.6) is 0 Å². The molecule has 4 heteroatoms. The molecule has 3 N–H and O–H groups in total. The largest absolute Gasteiger partial charge is 0.381 e. The summed E-state index contributed by atoms with van der Waals surface area (Å²) in [5, 5.41) is 3.36. The number of benzene rings is 1. The smallest absolute Gasteiger partial charge is 0.123 e. The molecule has 1 aliphatic carbocycles. The van der Waals surface area contributed by atoms with Gasteiger partial charge in [-0.1, -0.05) is 0 Å². The van der Waals surface area contributed by atoms with Gasteiger partial charge in [0.25, 0.3) is 0 Å². The molecule has 1 aliphatic rings. The van der Waals surface area contributed by atoms with Gasteiger partial charge in [0, 0.05) is 19.3 Å². The topological polar surface area (TPSA) is 47.3 Å². The molecule has 0 aromatic heterocycles. The Hall–Kier alpha value is -1.13. The van der Waals surface area contributed by atoms with Crippen LogP contribution in [-0.4, -0.2) is 25.3 Å². The second kappa shape index (κ2) is 4.39. The van der Waals surface area contributed by atoms with E-state index < -0.39 is 0 Å². The maximum Gasteiger partial charge on any atom is 0.123 e. The molecule has 0 aliphatic heterocycles. The van der Waals surface area contributed by atoms with E-state index in [9.17, 15) is 4.39 Å². The van der Waals surface area contributed by atoms with Gasteiger partial charge in [-0.05, 0) is 37.1 Å². The minimum atomic E-state index is -0.226. The number of rotatable bonds is 4. The molecule has 3 nitrogen and oxygen atoms in total. The molecule has 0 spiro atoms. The van der Waals surface area contributed by atoms with E-state index >= 15 is 0 Å². The Kier molecular flexibility index (Phi) is 3.12. The summed E-state index contributed by atoms with van der Waals surface area (Å²) in [5.41, 5.74) is 6.59. The highest BCUT2D eigenvalue weighted by Gasteiger charge is 2.43. The first-order chi connectivity index (χ1) is 7.67. The molecule has 1 saturated carbocycles. The fraction of sp³-hybridized carbons (Fsp3) is 0.500. The summed E-state index contributed by atoms with van der Waals surface area (Å²) in [5.74, 6) is -0.226. The monoisotopic (exact) mass is 224 g/mol. The Bertz CT molecular complexity index is 347. The molecule has 0 heterocycles. The third-order valence-corrected chi connectivity index (χ3v) is 3.21. The molecular weight excluding hydrogens is 207 g/mol. The summed E-state index contributed by atoms with van der Waals surface area (Å²) >= 11 is 0. The molecule has 0 amide bonds. The number of halogens is 1. The van der Waals surface area contributed by atoms with E-state index in [2.05, 4.69) is 5.32 Å². The standard InChI is InChI=1S/C12H17FN2O/c1-16-11-6-12(7-11,8-14)15-10-4-2-9(13)3-5-10/h2-5,11,15H,6-8,14H2,1H3. The second-order valence-corrected chi connectivity index (χ2v) is 4.38. The minimum Gasteiger partial charge on any atom is -0.381 e.